The number of aromatic nitrogens is 2. The summed E-state index contributed by atoms with van der Waals surface area (Å²) in [6.45, 7) is 15.4. The third-order valence-electron chi connectivity index (χ3n) is 4.80. The molecule has 1 aliphatic rings. The second kappa shape index (κ2) is 8.09. The van der Waals surface area contributed by atoms with Crippen LogP contribution in [0.25, 0.3) is 5.70 Å². The standard InChI is InChI=1S/C21H28ClN5/c1-6-12-23-21-24-20-19(15(3)26(13-7-2)16(4)25(20)5)27(21)14-17-8-10-18(22)11-9-17/h8-11H,3-4,6-7,12-14H2,1-2,5H3,(H,23,24). The van der Waals surface area contributed by atoms with E-state index in [0.717, 1.165) is 59.9 Å². The number of halogens is 1. The lowest BCUT2D eigenvalue weighted by atomic mass is 10.2. The average Bonchev–Trinajstić information content (AvgIpc) is 3.02. The van der Waals surface area contributed by atoms with Crippen LogP contribution in [0, 0.1) is 0 Å². The predicted molar refractivity (Wildman–Crippen MR) is 115 cm³/mol. The minimum Gasteiger partial charge on any atom is -0.356 e. The number of benzene rings is 1. The molecular formula is C21H28ClN5. The zero-order valence-corrected chi connectivity index (χ0v) is 17.2. The molecule has 0 saturated heterocycles. The molecule has 0 radical (unpaired) electrons. The van der Waals surface area contributed by atoms with Gasteiger partial charge in [0.1, 0.15) is 11.5 Å². The van der Waals surface area contributed by atoms with Gasteiger partial charge in [0, 0.05) is 25.2 Å². The fourth-order valence-electron chi connectivity index (χ4n) is 3.33. The van der Waals surface area contributed by atoms with E-state index in [9.17, 15) is 0 Å². The average molecular weight is 386 g/mol. The van der Waals surface area contributed by atoms with Crippen LogP contribution in [0.4, 0.5) is 11.8 Å². The molecule has 5 nitrogen and oxygen atoms in total. The number of hydrogen-bond acceptors (Lipinski definition) is 4. The molecule has 0 amide bonds. The first-order valence-corrected chi connectivity index (χ1v) is 9.84. The van der Waals surface area contributed by atoms with E-state index in [1.165, 1.54) is 5.56 Å². The zero-order valence-electron chi connectivity index (χ0n) is 16.4. The molecule has 2 aromatic rings. The minimum atomic E-state index is 0.699. The van der Waals surface area contributed by atoms with Crippen LogP contribution in [-0.4, -0.2) is 34.6 Å². The molecule has 1 aliphatic heterocycles. The molecule has 0 atom stereocenters. The molecule has 0 spiro atoms. The maximum Gasteiger partial charge on any atom is 0.205 e. The highest BCUT2D eigenvalue weighted by Gasteiger charge is 2.32. The van der Waals surface area contributed by atoms with E-state index in [1.807, 2.05) is 19.2 Å². The van der Waals surface area contributed by atoms with Crippen LogP contribution in [0.15, 0.2) is 43.2 Å². The Morgan fingerprint density at radius 3 is 2.44 bits per heavy atom. The highest BCUT2D eigenvalue weighted by Crippen LogP contribution is 2.39. The molecule has 144 valence electrons. The van der Waals surface area contributed by atoms with E-state index in [-0.39, 0.29) is 0 Å². The van der Waals surface area contributed by atoms with E-state index in [1.54, 1.807) is 0 Å². The van der Waals surface area contributed by atoms with Gasteiger partial charge in [0.15, 0.2) is 5.82 Å². The molecule has 0 bridgehead atoms. The summed E-state index contributed by atoms with van der Waals surface area (Å²) in [5.41, 5.74) is 3.15. The van der Waals surface area contributed by atoms with Crippen molar-refractivity contribution in [2.45, 2.75) is 33.2 Å². The Morgan fingerprint density at radius 2 is 1.81 bits per heavy atom. The smallest absolute Gasteiger partial charge is 0.205 e. The highest BCUT2D eigenvalue weighted by atomic mass is 35.5. The normalized spacial score (nSPS) is 13.9. The van der Waals surface area contributed by atoms with Gasteiger partial charge >= 0.3 is 0 Å². The second-order valence-electron chi connectivity index (χ2n) is 6.82. The molecule has 27 heavy (non-hydrogen) atoms. The van der Waals surface area contributed by atoms with Crippen molar-refractivity contribution >= 4 is 29.1 Å². The van der Waals surface area contributed by atoms with Gasteiger partial charge in [0.25, 0.3) is 0 Å². The van der Waals surface area contributed by atoms with E-state index in [0.29, 0.717) is 6.54 Å². The minimum absolute atomic E-state index is 0.699. The summed E-state index contributed by atoms with van der Waals surface area (Å²) in [7, 11) is 2.01. The van der Waals surface area contributed by atoms with Crippen LogP contribution in [0.1, 0.15) is 37.9 Å². The molecule has 0 fully saturated rings. The summed E-state index contributed by atoms with van der Waals surface area (Å²) in [4.78, 5) is 9.11. The Labute approximate surface area is 166 Å². The van der Waals surface area contributed by atoms with Gasteiger partial charge in [-0.05, 0) is 30.5 Å². The quantitative estimate of drug-likeness (QED) is 0.726. The van der Waals surface area contributed by atoms with Crippen molar-refractivity contribution in [2.75, 3.05) is 30.4 Å². The summed E-state index contributed by atoms with van der Waals surface area (Å²) >= 11 is 6.05. The summed E-state index contributed by atoms with van der Waals surface area (Å²) in [5, 5.41) is 4.21. The van der Waals surface area contributed by atoms with Gasteiger partial charge < -0.3 is 19.7 Å². The Bertz CT molecular complexity index is 837. The molecular weight excluding hydrogens is 358 g/mol. The predicted octanol–water partition coefficient (Wildman–Crippen LogP) is 5.01. The molecule has 1 N–H and O–H groups in total. The maximum absolute atomic E-state index is 6.05. The van der Waals surface area contributed by atoms with Crippen molar-refractivity contribution in [3.8, 4) is 0 Å². The first kappa shape index (κ1) is 19.4. The van der Waals surface area contributed by atoms with Gasteiger partial charge in [-0.3, -0.25) is 0 Å². The Morgan fingerprint density at radius 1 is 1.11 bits per heavy atom. The number of hydrogen-bond donors (Lipinski definition) is 1. The number of fused-ring (bicyclic) bond motifs is 1. The van der Waals surface area contributed by atoms with Crippen molar-refractivity contribution < 1.29 is 0 Å². The van der Waals surface area contributed by atoms with Gasteiger partial charge in [-0.1, -0.05) is 50.7 Å². The fraction of sp³-hybridized carbons (Fsp3) is 0.381. The zero-order chi connectivity index (χ0) is 19.6. The van der Waals surface area contributed by atoms with Crippen LogP contribution in [0.3, 0.4) is 0 Å². The SMILES string of the molecule is C=C1c2c(nc(NCCC)n2Cc2ccc(Cl)cc2)N(C)C(=C)N1CCC. The monoisotopic (exact) mass is 385 g/mol. The van der Waals surface area contributed by atoms with Gasteiger partial charge in [0.05, 0.1) is 12.2 Å². The van der Waals surface area contributed by atoms with Crippen molar-refractivity contribution in [3.05, 3.63) is 59.5 Å². The van der Waals surface area contributed by atoms with E-state index in [2.05, 4.69) is 58.8 Å². The van der Waals surface area contributed by atoms with Crippen LogP contribution in [0.2, 0.25) is 5.02 Å². The molecule has 3 rings (SSSR count). The van der Waals surface area contributed by atoms with Gasteiger partial charge in [-0.2, -0.15) is 4.98 Å². The van der Waals surface area contributed by atoms with Crippen molar-refractivity contribution in [1.29, 1.82) is 0 Å². The summed E-state index contributed by atoms with van der Waals surface area (Å²) < 4.78 is 2.21. The first-order chi connectivity index (χ1) is 13.0. The number of rotatable bonds is 7. The lowest BCUT2D eigenvalue weighted by molar-refractivity contribution is 0.461. The molecule has 2 heterocycles. The molecule has 1 aromatic carbocycles. The third kappa shape index (κ3) is 3.69. The third-order valence-corrected chi connectivity index (χ3v) is 5.05. The summed E-state index contributed by atoms with van der Waals surface area (Å²) in [6, 6.07) is 7.95. The summed E-state index contributed by atoms with van der Waals surface area (Å²) in [6.07, 6.45) is 2.05. The number of imidazole rings is 1. The van der Waals surface area contributed by atoms with Crippen LogP contribution < -0.4 is 10.2 Å². The van der Waals surface area contributed by atoms with E-state index < -0.39 is 0 Å². The first-order valence-electron chi connectivity index (χ1n) is 9.46. The molecule has 6 heteroatoms. The van der Waals surface area contributed by atoms with E-state index in [4.69, 9.17) is 16.6 Å². The topological polar surface area (TPSA) is 36.3 Å². The van der Waals surface area contributed by atoms with Crippen LogP contribution in [-0.2, 0) is 6.54 Å². The Hall–Kier alpha value is -2.40. The summed E-state index contributed by atoms with van der Waals surface area (Å²) in [5.74, 6) is 2.66. The number of anilines is 2. The van der Waals surface area contributed by atoms with Crippen LogP contribution >= 0.6 is 11.6 Å². The second-order valence-corrected chi connectivity index (χ2v) is 7.26. The Kier molecular flexibility index (Phi) is 5.80. The lowest BCUT2D eigenvalue weighted by Gasteiger charge is -2.38. The number of nitrogens with one attached hydrogen (secondary N) is 1. The maximum atomic E-state index is 6.05. The van der Waals surface area contributed by atoms with Crippen molar-refractivity contribution in [1.82, 2.24) is 14.5 Å². The molecule has 1 aromatic heterocycles. The number of nitrogens with zero attached hydrogens (tertiary/aromatic N) is 4. The fourth-order valence-corrected chi connectivity index (χ4v) is 3.46. The van der Waals surface area contributed by atoms with Crippen LogP contribution in [0.5, 0.6) is 0 Å². The molecule has 0 aliphatic carbocycles. The van der Waals surface area contributed by atoms with Gasteiger partial charge in [0.2, 0.25) is 5.95 Å². The highest BCUT2D eigenvalue weighted by molar-refractivity contribution is 6.30. The van der Waals surface area contributed by atoms with Crippen molar-refractivity contribution in [2.24, 2.45) is 0 Å². The lowest BCUT2D eigenvalue weighted by Crippen LogP contribution is -2.37. The molecule has 0 unspecified atom stereocenters. The van der Waals surface area contributed by atoms with E-state index >= 15 is 0 Å². The van der Waals surface area contributed by atoms with Gasteiger partial charge in [-0.25, -0.2) is 0 Å². The molecule has 0 saturated carbocycles. The Balaban J connectivity index is 2.07. The van der Waals surface area contributed by atoms with Gasteiger partial charge in [-0.15, -0.1) is 0 Å². The van der Waals surface area contributed by atoms with Crippen molar-refractivity contribution in [3.63, 3.8) is 0 Å². The largest absolute Gasteiger partial charge is 0.356 e.